The van der Waals surface area contributed by atoms with Crippen molar-refractivity contribution in [2.45, 2.75) is 17.8 Å². The molecule has 0 aliphatic rings. The predicted molar refractivity (Wildman–Crippen MR) is 85.1 cm³/mol. The van der Waals surface area contributed by atoms with Crippen molar-refractivity contribution in [3.63, 3.8) is 0 Å². The van der Waals surface area contributed by atoms with Gasteiger partial charge in [0, 0.05) is 36.1 Å². The Morgan fingerprint density at radius 1 is 1.35 bits per heavy atom. The molecular weight excluding hydrogens is 286 g/mol. The van der Waals surface area contributed by atoms with Gasteiger partial charge in [0.15, 0.2) is 5.16 Å². The third-order valence-electron chi connectivity index (χ3n) is 2.94. The first-order valence-corrected chi connectivity index (χ1v) is 8.20. The van der Waals surface area contributed by atoms with E-state index in [-0.39, 0.29) is 0 Å². The fraction of sp³-hybridized carbons (Fsp3) is 0.200. The van der Waals surface area contributed by atoms with Crippen molar-refractivity contribution in [3.05, 3.63) is 53.3 Å². The molecule has 0 fully saturated rings. The van der Waals surface area contributed by atoms with Crippen LogP contribution in [0.3, 0.4) is 0 Å². The number of thioether (sulfide) groups is 1. The average Bonchev–Trinajstić information content (AvgIpc) is 3.05. The molecule has 0 unspecified atom stereocenters. The Morgan fingerprint density at radius 3 is 3.00 bits per heavy atom. The number of hydrogen-bond donors (Lipinski definition) is 0. The van der Waals surface area contributed by atoms with Crippen molar-refractivity contribution in [1.29, 1.82) is 0 Å². The lowest BCUT2D eigenvalue weighted by Gasteiger charge is -1.99. The van der Waals surface area contributed by atoms with E-state index in [9.17, 15) is 0 Å². The number of aromatic nitrogens is 3. The van der Waals surface area contributed by atoms with Crippen molar-refractivity contribution in [3.8, 4) is 10.6 Å². The molecule has 3 rings (SSSR count). The quantitative estimate of drug-likeness (QED) is 0.678. The summed E-state index contributed by atoms with van der Waals surface area (Å²) >= 11 is 3.42. The zero-order valence-corrected chi connectivity index (χ0v) is 13.0. The van der Waals surface area contributed by atoms with Crippen LogP contribution in [0.5, 0.6) is 0 Å². The summed E-state index contributed by atoms with van der Waals surface area (Å²) in [5, 5.41) is 4.24. The van der Waals surface area contributed by atoms with Crippen LogP contribution < -0.4 is 0 Å². The van der Waals surface area contributed by atoms with E-state index in [2.05, 4.69) is 41.6 Å². The van der Waals surface area contributed by atoms with E-state index < -0.39 is 0 Å². The topological polar surface area (TPSA) is 30.7 Å². The molecule has 0 N–H and O–H groups in total. The molecule has 2 aromatic heterocycles. The molecule has 0 aliphatic heterocycles. The number of nitrogens with zero attached hydrogens (tertiary/aromatic N) is 3. The van der Waals surface area contributed by atoms with E-state index in [1.54, 1.807) is 23.1 Å². The zero-order chi connectivity index (χ0) is 13.9. The summed E-state index contributed by atoms with van der Waals surface area (Å²) in [6.45, 7) is 2.11. The van der Waals surface area contributed by atoms with Gasteiger partial charge in [-0.1, -0.05) is 35.5 Å². The number of aryl methyl sites for hydroxylation is 2. The largest absolute Gasteiger partial charge is 0.329 e. The summed E-state index contributed by atoms with van der Waals surface area (Å²) in [4.78, 5) is 9.02. The summed E-state index contributed by atoms with van der Waals surface area (Å²) < 4.78 is 2.03. The summed E-state index contributed by atoms with van der Waals surface area (Å²) in [5.41, 5.74) is 3.57. The van der Waals surface area contributed by atoms with E-state index >= 15 is 0 Å². The van der Waals surface area contributed by atoms with Gasteiger partial charge in [0.25, 0.3) is 0 Å². The van der Waals surface area contributed by atoms with Gasteiger partial charge in [-0.3, -0.25) is 0 Å². The number of benzene rings is 1. The molecule has 3 nitrogen and oxygen atoms in total. The first kappa shape index (κ1) is 13.4. The molecule has 0 bridgehead atoms. The summed E-state index contributed by atoms with van der Waals surface area (Å²) in [6, 6.07) is 8.47. The number of thiazole rings is 1. The van der Waals surface area contributed by atoms with Crippen molar-refractivity contribution >= 4 is 23.1 Å². The fourth-order valence-corrected chi connectivity index (χ4v) is 3.66. The zero-order valence-electron chi connectivity index (χ0n) is 11.4. The number of imidazole rings is 1. The first-order chi connectivity index (χ1) is 9.72. The van der Waals surface area contributed by atoms with E-state index in [4.69, 9.17) is 4.98 Å². The second kappa shape index (κ2) is 5.81. The Morgan fingerprint density at radius 2 is 2.25 bits per heavy atom. The van der Waals surface area contributed by atoms with Crippen LogP contribution in [0.4, 0.5) is 0 Å². The van der Waals surface area contributed by atoms with Gasteiger partial charge >= 0.3 is 0 Å². The van der Waals surface area contributed by atoms with Crippen LogP contribution in [-0.4, -0.2) is 14.5 Å². The molecule has 102 valence electrons. The molecule has 0 radical (unpaired) electrons. The van der Waals surface area contributed by atoms with Crippen molar-refractivity contribution < 1.29 is 0 Å². The van der Waals surface area contributed by atoms with Crippen LogP contribution in [0.15, 0.2) is 47.2 Å². The Labute approximate surface area is 126 Å². The van der Waals surface area contributed by atoms with Gasteiger partial charge in [-0.2, -0.15) is 0 Å². The van der Waals surface area contributed by atoms with Crippen molar-refractivity contribution in [2.24, 2.45) is 7.05 Å². The van der Waals surface area contributed by atoms with Crippen LogP contribution in [0.1, 0.15) is 11.3 Å². The third kappa shape index (κ3) is 2.94. The van der Waals surface area contributed by atoms with E-state index in [1.165, 1.54) is 11.1 Å². The van der Waals surface area contributed by atoms with Crippen molar-refractivity contribution in [2.75, 3.05) is 0 Å². The molecule has 0 amide bonds. The Balaban J connectivity index is 1.72. The molecule has 0 aliphatic carbocycles. The molecule has 20 heavy (non-hydrogen) atoms. The number of hydrogen-bond acceptors (Lipinski definition) is 4. The van der Waals surface area contributed by atoms with Gasteiger partial charge in [0.05, 0.1) is 5.69 Å². The second-order valence-corrected chi connectivity index (χ2v) is 6.42. The lowest BCUT2D eigenvalue weighted by molar-refractivity contribution is 0.789. The standard InChI is InChI=1S/C15H15N3S2/c1-11-4-3-5-12(8-11)14-17-13(9-19-14)10-20-15-16-6-7-18(15)2/h3-9H,10H2,1-2H3. The van der Waals surface area contributed by atoms with Crippen LogP contribution >= 0.6 is 23.1 Å². The highest BCUT2D eigenvalue weighted by molar-refractivity contribution is 7.98. The minimum Gasteiger partial charge on any atom is -0.329 e. The minimum absolute atomic E-state index is 0.854. The van der Waals surface area contributed by atoms with E-state index in [1.807, 2.05) is 24.0 Å². The van der Waals surface area contributed by atoms with Gasteiger partial charge < -0.3 is 4.57 Å². The van der Waals surface area contributed by atoms with E-state index in [0.29, 0.717) is 0 Å². The van der Waals surface area contributed by atoms with Gasteiger partial charge in [0.2, 0.25) is 0 Å². The van der Waals surface area contributed by atoms with Crippen molar-refractivity contribution in [1.82, 2.24) is 14.5 Å². The normalized spacial score (nSPS) is 10.9. The summed E-state index contributed by atoms with van der Waals surface area (Å²) in [7, 11) is 2.01. The maximum atomic E-state index is 4.71. The second-order valence-electron chi connectivity index (χ2n) is 4.62. The Kier molecular flexibility index (Phi) is 3.89. The maximum Gasteiger partial charge on any atom is 0.168 e. The molecule has 1 aromatic carbocycles. The molecule has 0 spiro atoms. The minimum atomic E-state index is 0.854. The Bertz CT molecular complexity index is 715. The van der Waals surface area contributed by atoms with Gasteiger partial charge in [-0.05, 0) is 13.0 Å². The molecular formula is C15H15N3S2. The van der Waals surface area contributed by atoms with Gasteiger partial charge in [0.1, 0.15) is 5.01 Å². The van der Waals surface area contributed by atoms with Gasteiger partial charge in [-0.15, -0.1) is 11.3 Å². The third-order valence-corrected chi connectivity index (χ3v) is 4.97. The smallest absolute Gasteiger partial charge is 0.168 e. The molecule has 0 atom stereocenters. The molecule has 2 heterocycles. The molecule has 0 saturated carbocycles. The highest BCUT2D eigenvalue weighted by Gasteiger charge is 2.07. The molecule has 3 aromatic rings. The van der Waals surface area contributed by atoms with Crippen LogP contribution in [0.25, 0.3) is 10.6 Å². The van der Waals surface area contributed by atoms with E-state index in [0.717, 1.165) is 21.6 Å². The monoisotopic (exact) mass is 301 g/mol. The van der Waals surface area contributed by atoms with Crippen LogP contribution in [0, 0.1) is 6.92 Å². The first-order valence-electron chi connectivity index (χ1n) is 6.34. The fourth-order valence-electron chi connectivity index (χ4n) is 1.91. The lowest BCUT2D eigenvalue weighted by Crippen LogP contribution is -1.90. The highest BCUT2D eigenvalue weighted by atomic mass is 32.2. The highest BCUT2D eigenvalue weighted by Crippen LogP contribution is 2.27. The predicted octanol–water partition coefficient (Wildman–Crippen LogP) is 4.14. The summed E-state index contributed by atoms with van der Waals surface area (Å²) in [5.74, 6) is 0.854. The van der Waals surface area contributed by atoms with Crippen LogP contribution in [0.2, 0.25) is 0 Å². The summed E-state index contributed by atoms with van der Waals surface area (Å²) in [6.07, 6.45) is 3.78. The SMILES string of the molecule is Cc1cccc(-c2nc(CSc3nccn3C)cs2)c1. The number of rotatable bonds is 4. The average molecular weight is 301 g/mol. The lowest BCUT2D eigenvalue weighted by atomic mass is 10.1. The Hall–Kier alpha value is -1.59. The maximum absolute atomic E-state index is 4.71. The molecule has 5 heteroatoms. The van der Waals surface area contributed by atoms with Gasteiger partial charge in [-0.25, -0.2) is 9.97 Å². The molecule has 0 saturated heterocycles. The van der Waals surface area contributed by atoms with Crippen LogP contribution in [-0.2, 0) is 12.8 Å².